The summed E-state index contributed by atoms with van der Waals surface area (Å²) in [5.41, 5.74) is 0. The van der Waals surface area contributed by atoms with Crippen molar-refractivity contribution in [2.45, 2.75) is 19.4 Å². The first-order valence-electron chi connectivity index (χ1n) is 9.63. The zero-order valence-electron chi connectivity index (χ0n) is 16.2. The largest absolute Gasteiger partial charge is 0.389 e. The Labute approximate surface area is 176 Å². The van der Waals surface area contributed by atoms with E-state index in [0.717, 1.165) is 37.4 Å². The van der Waals surface area contributed by atoms with Crippen LogP contribution in [0.5, 0.6) is 0 Å². The van der Waals surface area contributed by atoms with Crippen molar-refractivity contribution in [3.8, 4) is 10.7 Å². The maximum atomic E-state index is 12.4. The van der Waals surface area contributed by atoms with Crippen LogP contribution in [0.15, 0.2) is 34.3 Å². The number of carbonyl (C=O) groups excluding carboxylic acids is 1. The maximum Gasteiger partial charge on any atom is 0.389 e. The Morgan fingerprint density at radius 3 is 2.80 bits per heavy atom. The zero-order chi connectivity index (χ0) is 20.9. The van der Waals surface area contributed by atoms with Gasteiger partial charge >= 0.3 is 5.82 Å². The van der Waals surface area contributed by atoms with Crippen molar-refractivity contribution in [3.63, 3.8) is 0 Å². The van der Waals surface area contributed by atoms with E-state index in [1.165, 1.54) is 16.9 Å². The predicted octanol–water partition coefficient (Wildman–Crippen LogP) is 1.68. The molecule has 11 nitrogen and oxygen atoms in total. The molecule has 0 N–H and O–H groups in total. The third-order valence-electron chi connectivity index (χ3n) is 4.91. The van der Waals surface area contributed by atoms with Gasteiger partial charge in [-0.05, 0) is 29.3 Å². The second-order valence-electron chi connectivity index (χ2n) is 6.94. The Morgan fingerprint density at radius 1 is 1.27 bits per heavy atom. The molecule has 3 aromatic rings. The average Bonchev–Trinajstić information content (AvgIpc) is 3.50. The Bertz CT molecular complexity index is 992. The molecular formula is C18H21N7O4S. The summed E-state index contributed by atoms with van der Waals surface area (Å²) < 4.78 is 6.63. The molecule has 0 bridgehead atoms. The minimum Gasteiger partial charge on any atom is -0.358 e. The molecule has 1 aliphatic rings. The zero-order valence-corrected chi connectivity index (χ0v) is 17.0. The van der Waals surface area contributed by atoms with Gasteiger partial charge in [0.05, 0.1) is 22.2 Å². The van der Waals surface area contributed by atoms with Crippen LogP contribution in [0, 0.1) is 10.1 Å². The van der Waals surface area contributed by atoms with Crippen molar-refractivity contribution in [2.75, 3.05) is 32.7 Å². The average molecular weight is 431 g/mol. The van der Waals surface area contributed by atoms with Crippen LogP contribution >= 0.6 is 11.3 Å². The van der Waals surface area contributed by atoms with Crippen LogP contribution in [0.3, 0.4) is 0 Å². The van der Waals surface area contributed by atoms with Gasteiger partial charge < -0.3 is 19.5 Å². The smallest absolute Gasteiger partial charge is 0.358 e. The summed E-state index contributed by atoms with van der Waals surface area (Å²) in [6.45, 7) is 3.74. The van der Waals surface area contributed by atoms with Crippen molar-refractivity contribution in [1.82, 2.24) is 29.7 Å². The lowest BCUT2D eigenvalue weighted by Gasteiger charge is -2.34. The lowest BCUT2D eigenvalue weighted by atomic mass is 10.2. The molecule has 4 rings (SSSR count). The molecular weight excluding hydrogens is 410 g/mol. The minimum atomic E-state index is -0.572. The van der Waals surface area contributed by atoms with Gasteiger partial charge in [0.2, 0.25) is 17.6 Å². The molecule has 0 radical (unpaired) electrons. The molecule has 4 heterocycles. The number of rotatable bonds is 8. The summed E-state index contributed by atoms with van der Waals surface area (Å²) in [6.07, 6.45) is 3.07. The van der Waals surface area contributed by atoms with Crippen LogP contribution in [0.4, 0.5) is 5.82 Å². The summed E-state index contributed by atoms with van der Waals surface area (Å²) in [5, 5.41) is 20.5. The fourth-order valence-electron chi connectivity index (χ4n) is 3.31. The number of aryl methyl sites for hydroxylation is 1. The Balaban J connectivity index is 1.17. The fraction of sp³-hybridized carbons (Fsp3) is 0.444. The third kappa shape index (κ3) is 4.89. The van der Waals surface area contributed by atoms with E-state index in [9.17, 15) is 14.9 Å². The monoisotopic (exact) mass is 431 g/mol. The van der Waals surface area contributed by atoms with Crippen molar-refractivity contribution >= 4 is 23.1 Å². The van der Waals surface area contributed by atoms with Gasteiger partial charge in [-0.2, -0.15) is 9.67 Å². The van der Waals surface area contributed by atoms with Crippen LogP contribution in [-0.2, 0) is 17.8 Å². The van der Waals surface area contributed by atoms with Crippen molar-refractivity contribution in [3.05, 3.63) is 45.8 Å². The number of aromatic nitrogens is 4. The Morgan fingerprint density at radius 2 is 2.10 bits per heavy atom. The highest BCUT2D eigenvalue weighted by Crippen LogP contribution is 2.21. The van der Waals surface area contributed by atoms with Crippen LogP contribution < -0.4 is 0 Å². The molecule has 0 atom stereocenters. The number of hydrogen-bond donors (Lipinski definition) is 0. The van der Waals surface area contributed by atoms with Crippen LogP contribution in [0.2, 0.25) is 0 Å². The van der Waals surface area contributed by atoms with Crippen molar-refractivity contribution in [1.29, 1.82) is 0 Å². The lowest BCUT2D eigenvalue weighted by Crippen LogP contribution is -2.49. The first-order valence-corrected chi connectivity index (χ1v) is 10.5. The van der Waals surface area contributed by atoms with Gasteiger partial charge in [-0.3, -0.25) is 9.69 Å². The Hall–Kier alpha value is -3.12. The van der Waals surface area contributed by atoms with Crippen LogP contribution in [0.25, 0.3) is 10.7 Å². The molecule has 0 aliphatic carbocycles. The second-order valence-corrected chi connectivity index (χ2v) is 7.89. The van der Waals surface area contributed by atoms with E-state index in [-0.39, 0.29) is 18.3 Å². The fourth-order valence-corrected chi connectivity index (χ4v) is 3.96. The van der Waals surface area contributed by atoms with Crippen molar-refractivity contribution < 1.29 is 14.2 Å². The first-order chi connectivity index (χ1) is 14.6. The van der Waals surface area contributed by atoms with Gasteiger partial charge in [0.15, 0.2) is 0 Å². The van der Waals surface area contributed by atoms with Crippen molar-refractivity contribution in [2.24, 2.45) is 0 Å². The van der Waals surface area contributed by atoms with Gasteiger partial charge in [0.25, 0.3) is 0 Å². The molecule has 3 aromatic heterocycles. The highest BCUT2D eigenvalue weighted by Gasteiger charge is 2.23. The quantitative estimate of drug-likeness (QED) is 0.390. The molecule has 1 aliphatic heterocycles. The summed E-state index contributed by atoms with van der Waals surface area (Å²) in [6, 6.07) is 5.21. The van der Waals surface area contributed by atoms with Gasteiger partial charge in [-0.15, -0.1) is 11.3 Å². The number of nitrogens with zero attached hydrogens (tertiary/aromatic N) is 7. The molecule has 30 heavy (non-hydrogen) atoms. The number of amides is 1. The maximum absolute atomic E-state index is 12.4. The summed E-state index contributed by atoms with van der Waals surface area (Å²) in [5.74, 6) is 0.936. The topological polar surface area (TPSA) is 123 Å². The number of piperazine rings is 1. The number of hydrogen-bond acceptors (Lipinski definition) is 9. The van der Waals surface area contributed by atoms with E-state index >= 15 is 0 Å². The molecule has 0 aromatic carbocycles. The summed E-state index contributed by atoms with van der Waals surface area (Å²) in [7, 11) is 0. The van der Waals surface area contributed by atoms with E-state index in [4.69, 9.17) is 4.52 Å². The first kappa shape index (κ1) is 20.2. The van der Waals surface area contributed by atoms with Gasteiger partial charge in [-0.25, -0.2) is 0 Å². The SMILES string of the molecule is O=C(Cn1ccc([N+](=O)[O-])n1)N1CCN(CCCc2nc(-c3cccs3)no2)CC1. The summed E-state index contributed by atoms with van der Waals surface area (Å²) in [4.78, 5) is 32.0. The van der Waals surface area contributed by atoms with E-state index in [2.05, 4.69) is 20.1 Å². The van der Waals surface area contributed by atoms with Crippen LogP contribution in [0.1, 0.15) is 12.3 Å². The third-order valence-corrected chi connectivity index (χ3v) is 5.78. The highest BCUT2D eigenvalue weighted by atomic mass is 32.1. The lowest BCUT2D eigenvalue weighted by molar-refractivity contribution is -0.389. The van der Waals surface area contributed by atoms with E-state index < -0.39 is 4.92 Å². The molecule has 1 saturated heterocycles. The molecule has 158 valence electrons. The van der Waals surface area contributed by atoms with Crippen LogP contribution in [-0.4, -0.2) is 73.3 Å². The molecule has 0 saturated carbocycles. The highest BCUT2D eigenvalue weighted by molar-refractivity contribution is 7.13. The molecule has 0 spiro atoms. The van der Waals surface area contributed by atoms with E-state index in [1.54, 1.807) is 16.2 Å². The molecule has 1 fully saturated rings. The van der Waals surface area contributed by atoms with Gasteiger partial charge in [0.1, 0.15) is 6.54 Å². The van der Waals surface area contributed by atoms with E-state index in [0.29, 0.717) is 24.8 Å². The molecule has 0 unspecified atom stereocenters. The standard InChI is InChI=1S/C18H21N7O4S/c26-17(13-24-7-5-15(20-24)25(27)28)23-10-8-22(9-11-23)6-1-4-16-19-18(21-29-16)14-3-2-12-30-14/h2-3,5,7,12H,1,4,6,8-11,13H2. The number of thiophene rings is 1. The number of carbonyl (C=O) groups is 1. The molecule has 1 amide bonds. The van der Waals surface area contributed by atoms with Gasteiger partial charge in [-0.1, -0.05) is 11.2 Å². The number of nitro groups is 1. The van der Waals surface area contributed by atoms with E-state index in [1.807, 2.05) is 17.5 Å². The second kappa shape index (κ2) is 9.13. The Kier molecular flexibility index (Phi) is 6.14. The normalized spacial score (nSPS) is 14.9. The van der Waals surface area contributed by atoms with Gasteiger partial charge in [0, 0.05) is 32.6 Å². The minimum absolute atomic E-state index is 0.0115. The molecule has 12 heteroatoms. The summed E-state index contributed by atoms with van der Waals surface area (Å²) >= 11 is 1.58. The predicted molar refractivity (Wildman–Crippen MR) is 108 cm³/mol.